The third-order valence-corrected chi connectivity index (χ3v) is 2.94. The number of allylic oxidation sites excluding steroid dienone is 3. The number of rotatable bonds is 5. The molecule has 0 atom stereocenters. The van der Waals surface area contributed by atoms with Crippen LogP contribution in [0, 0.1) is 0 Å². The van der Waals surface area contributed by atoms with Crippen molar-refractivity contribution in [3.05, 3.63) is 53.8 Å². The highest BCUT2D eigenvalue weighted by Crippen LogP contribution is 2.22. The molecule has 0 aliphatic heterocycles. The van der Waals surface area contributed by atoms with Crippen LogP contribution in [0.3, 0.4) is 0 Å². The summed E-state index contributed by atoms with van der Waals surface area (Å²) in [6.45, 7) is 0. The molecule has 0 saturated heterocycles. The van der Waals surface area contributed by atoms with Crippen LogP contribution in [-0.2, 0) is 0 Å². The Morgan fingerprint density at radius 3 is 2.46 bits per heavy atom. The van der Waals surface area contributed by atoms with E-state index in [1.165, 1.54) is 18.5 Å². The maximum absolute atomic E-state index is 12.3. The Labute approximate surface area is 144 Å². The number of pyridine rings is 1. The van der Waals surface area contributed by atoms with E-state index >= 15 is 0 Å². The molecule has 12 heteroatoms. The molecule has 8 N–H and O–H groups in total. The number of aromatic nitrogens is 2. The predicted octanol–water partition coefficient (Wildman–Crippen LogP) is 1.61. The maximum atomic E-state index is 12.3. The van der Waals surface area contributed by atoms with Crippen molar-refractivity contribution in [2.45, 2.75) is 6.18 Å². The third-order valence-electron chi connectivity index (χ3n) is 2.94. The third kappa shape index (κ3) is 4.66. The van der Waals surface area contributed by atoms with Crippen molar-refractivity contribution in [2.75, 3.05) is 5.32 Å². The number of halogens is 3. The molecule has 0 unspecified atom stereocenters. The lowest BCUT2D eigenvalue weighted by Gasteiger charge is -2.04. The fraction of sp³-hybridized carbons (Fsp3) is 0.0714. The van der Waals surface area contributed by atoms with Gasteiger partial charge in [-0.25, -0.2) is 4.98 Å². The molecule has 0 bridgehead atoms. The maximum Gasteiger partial charge on any atom is 0.430 e. The zero-order valence-electron chi connectivity index (χ0n) is 13.0. The molecule has 138 valence electrons. The Hall–Kier alpha value is -3.70. The molecule has 2 rings (SSSR count). The van der Waals surface area contributed by atoms with Crippen LogP contribution in [0.1, 0.15) is 11.5 Å². The number of nitrogens with one attached hydrogen (secondary N) is 1. The fourth-order valence-corrected chi connectivity index (χ4v) is 1.62. The van der Waals surface area contributed by atoms with Crippen molar-refractivity contribution in [2.24, 2.45) is 22.4 Å². The molecular weight excluding hydrogens is 355 g/mol. The molecule has 2 aromatic rings. The van der Waals surface area contributed by atoms with Gasteiger partial charge in [0.15, 0.2) is 11.6 Å². The minimum atomic E-state index is -4.64. The SMILES string of the molecule is N/C(=C\C=C(/N)C(F)(F)F)c1cnc(Nc2ccc(/C(N)=N/O)nc2)o1. The summed E-state index contributed by atoms with van der Waals surface area (Å²) in [7, 11) is 0. The van der Waals surface area contributed by atoms with E-state index in [0.29, 0.717) is 11.8 Å². The van der Waals surface area contributed by atoms with Crippen LogP contribution in [0.5, 0.6) is 0 Å². The summed E-state index contributed by atoms with van der Waals surface area (Å²) < 4.78 is 42.2. The molecule has 0 radical (unpaired) electrons. The first-order valence-corrected chi connectivity index (χ1v) is 6.88. The standard InChI is InChI=1S/C14H14F3N7O2/c15-14(16,17)11(19)4-2-8(18)10-6-22-13(26-10)23-7-1-3-9(21-5-7)12(20)24-25/h1-6,25H,18-19H2,(H2,20,24)(H,22,23)/b8-2-,11-4-. The number of alkyl halides is 3. The molecule has 2 heterocycles. The molecule has 0 aliphatic rings. The molecule has 2 aromatic heterocycles. The molecule has 0 amide bonds. The Morgan fingerprint density at radius 1 is 1.15 bits per heavy atom. The highest BCUT2D eigenvalue weighted by molar-refractivity contribution is 5.95. The molecule has 0 aromatic carbocycles. The van der Waals surface area contributed by atoms with Crippen LogP contribution in [0.15, 0.2) is 51.9 Å². The normalized spacial score (nSPS) is 13.7. The zero-order chi connectivity index (χ0) is 19.3. The number of hydrogen-bond donors (Lipinski definition) is 5. The second kappa shape index (κ2) is 7.46. The van der Waals surface area contributed by atoms with Crippen molar-refractivity contribution in [3.63, 3.8) is 0 Å². The Bertz CT molecular complexity index is 854. The van der Waals surface area contributed by atoms with E-state index in [0.717, 1.165) is 6.08 Å². The van der Waals surface area contributed by atoms with Gasteiger partial charge in [0.25, 0.3) is 6.01 Å². The van der Waals surface area contributed by atoms with E-state index < -0.39 is 11.9 Å². The summed E-state index contributed by atoms with van der Waals surface area (Å²) >= 11 is 0. The molecular formula is C14H14F3N7O2. The van der Waals surface area contributed by atoms with Crippen molar-refractivity contribution in [1.29, 1.82) is 0 Å². The van der Waals surface area contributed by atoms with Crippen molar-refractivity contribution < 1.29 is 22.8 Å². The first kappa shape index (κ1) is 18.6. The summed E-state index contributed by atoms with van der Waals surface area (Å²) in [4.78, 5) is 7.84. The molecule has 0 aliphatic carbocycles. The molecule has 0 fully saturated rings. The van der Waals surface area contributed by atoms with Crippen LogP contribution in [0.4, 0.5) is 24.9 Å². The van der Waals surface area contributed by atoms with E-state index in [-0.39, 0.29) is 29.0 Å². The van der Waals surface area contributed by atoms with Gasteiger partial charge in [-0.05, 0) is 24.3 Å². The van der Waals surface area contributed by atoms with Gasteiger partial charge in [-0.3, -0.25) is 4.98 Å². The van der Waals surface area contributed by atoms with Crippen molar-refractivity contribution in [1.82, 2.24) is 9.97 Å². The quantitative estimate of drug-likeness (QED) is 0.175. The number of oxime groups is 1. The van der Waals surface area contributed by atoms with E-state index in [9.17, 15) is 13.2 Å². The lowest BCUT2D eigenvalue weighted by atomic mass is 10.3. The van der Waals surface area contributed by atoms with Gasteiger partial charge in [0.2, 0.25) is 0 Å². The van der Waals surface area contributed by atoms with Crippen LogP contribution in [-0.4, -0.2) is 27.2 Å². The largest absolute Gasteiger partial charge is 0.430 e. The topological polar surface area (TPSA) is 162 Å². The van der Waals surface area contributed by atoms with Gasteiger partial charge in [0.1, 0.15) is 11.4 Å². The number of anilines is 2. The number of hydrogen-bond acceptors (Lipinski definition) is 8. The van der Waals surface area contributed by atoms with Crippen LogP contribution in [0.25, 0.3) is 5.70 Å². The summed E-state index contributed by atoms with van der Waals surface area (Å²) in [6, 6.07) is 3.08. The lowest BCUT2D eigenvalue weighted by Crippen LogP contribution is -2.18. The van der Waals surface area contributed by atoms with Crippen LogP contribution >= 0.6 is 0 Å². The Morgan fingerprint density at radius 2 is 1.88 bits per heavy atom. The first-order valence-electron chi connectivity index (χ1n) is 6.88. The average molecular weight is 369 g/mol. The number of amidine groups is 1. The number of oxazole rings is 1. The highest BCUT2D eigenvalue weighted by Gasteiger charge is 2.30. The van der Waals surface area contributed by atoms with Gasteiger partial charge in [-0.2, -0.15) is 13.2 Å². The zero-order valence-corrected chi connectivity index (χ0v) is 13.0. The van der Waals surface area contributed by atoms with Gasteiger partial charge in [0, 0.05) is 0 Å². The Kier molecular flexibility index (Phi) is 5.35. The van der Waals surface area contributed by atoms with Gasteiger partial charge < -0.3 is 32.1 Å². The fourth-order valence-electron chi connectivity index (χ4n) is 1.62. The van der Waals surface area contributed by atoms with E-state index in [1.807, 2.05) is 0 Å². The van der Waals surface area contributed by atoms with E-state index in [2.05, 4.69) is 20.4 Å². The molecule has 0 spiro atoms. The summed E-state index contributed by atoms with van der Waals surface area (Å²) in [5.74, 6) is -0.112. The van der Waals surface area contributed by atoms with Gasteiger partial charge in [0.05, 0.1) is 23.8 Å². The molecule has 9 nitrogen and oxygen atoms in total. The van der Waals surface area contributed by atoms with Gasteiger partial charge >= 0.3 is 6.18 Å². The Balaban J connectivity index is 2.10. The second-order valence-corrected chi connectivity index (χ2v) is 4.81. The minimum absolute atomic E-state index is 0.0301. The summed E-state index contributed by atoms with van der Waals surface area (Å²) in [5, 5.41) is 14.1. The van der Waals surface area contributed by atoms with Crippen LogP contribution in [0.2, 0.25) is 0 Å². The van der Waals surface area contributed by atoms with Gasteiger partial charge in [-0.1, -0.05) is 5.16 Å². The minimum Gasteiger partial charge on any atom is -0.422 e. The molecule has 0 saturated carbocycles. The predicted molar refractivity (Wildman–Crippen MR) is 87.0 cm³/mol. The first-order chi connectivity index (χ1) is 12.2. The van der Waals surface area contributed by atoms with E-state index in [1.54, 1.807) is 6.07 Å². The lowest BCUT2D eigenvalue weighted by molar-refractivity contribution is -0.0926. The average Bonchev–Trinajstić information content (AvgIpc) is 3.07. The highest BCUT2D eigenvalue weighted by atomic mass is 19.4. The van der Waals surface area contributed by atoms with Crippen LogP contribution < -0.4 is 22.5 Å². The van der Waals surface area contributed by atoms with Crippen molar-refractivity contribution >= 4 is 23.2 Å². The summed E-state index contributed by atoms with van der Waals surface area (Å²) in [6.07, 6.45) is -0.456. The smallest absolute Gasteiger partial charge is 0.422 e. The molecule has 26 heavy (non-hydrogen) atoms. The number of nitrogens with two attached hydrogens (primary N) is 3. The van der Waals surface area contributed by atoms with E-state index in [4.69, 9.17) is 26.8 Å². The summed E-state index contributed by atoms with van der Waals surface area (Å²) in [5.41, 5.74) is 15.2. The number of nitrogens with zero attached hydrogens (tertiary/aromatic N) is 3. The second-order valence-electron chi connectivity index (χ2n) is 4.81. The van der Waals surface area contributed by atoms with Crippen molar-refractivity contribution in [3.8, 4) is 0 Å². The van der Waals surface area contributed by atoms with Gasteiger partial charge in [-0.15, -0.1) is 0 Å². The monoisotopic (exact) mass is 369 g/mol.